The van der Waals surface area contributed by atoms with Crippen LogP contribution in [-0.4, -0.2) is 43.1 Å². The average Bonchev–Trinajstić information content (AvgIpc) is 2.80. The number of sulfonamides is 1. The van der Waals surface area contributed by atoms with Crippen LogP contribution in [-0.2, 0) is 19.6 Å². The second-order valence-corrected chi connectivity index (χ2v) is 6.87. The Morgan fingerprint density at radius 2 is 1.93 bits per heavy atom. The van der Waals surface area contributed by atoms with Crippen LogP contribution in [0.15, 0.2) is 0 Å². The predicted octanol–water partition coefficient (Wildman–Crippen LogP) is -0.0281. The molecule has 0 amide bonds. The topological polar surface area (TPSA) is 63.5 Å². The maximum Gasteiger partial charge on any atom is 0.325 e. The summed E-state index contributed by atoms with van der Waals surface area (Å²) in [7, 11) is -2.12. The molecule has 0 bridgehead atoms. The Hall–Kier alpha value is -0.620. The van der Waals surface area contributed by atoms with Gasteiger partial charge < -0.3 is 4.74 Å². The van der Waals surface area contributed by atoms with Crippen molar-refractivity contribution in [1.29, 1.82) is 0 Å². The van der Waals surface area contributed by atoms with Crippen LogP contribution in [0.4, 0.5) is 0 Å². The van der Waals surface area contributed by atoms with Crippen LogP contribution in [0.3, 0.4) is 0 Å². The van der Waals surface area contributed by atoms with Crippen molar-refractivity contribution in [2.75, 3.05) is 13.7 Å². The molecule has 1 fully saturated rings. The van der Waals surface area contributed by atoms with Crippen LogP contribution in [0.2, 0.25) is 0 Å². The van der Waals surface area contributed by atoms with Crippen molar-refractivity contribution in [2.45, 2.75) is 31.6 Å². The third kappa shape index (κ3) is 1.76. The van der Waals surface area contributed by atoms with Gasteiger partial charge in [-0.3, -0.25) is 4.79 Å². The first-order chi connectivity index (χ1) is 6.21. The Morgan fingerprint density at radius 1 is 1.43 bits per heavy atom. The van der Waals surface area contributed by atoms with E-state index < -0.39 is 26.8 Å². The minimum absolute atomic E-state index is 0.242. The number of hydrogen-bond donors (Lipinski definition) is 0. The van der Waals surface area contributed by atoms with Gasteiger partial charge in [-0.15, -0.1) is 0 Å². The van der Waals surface area contributed by atoms with E-state index in [9.17, 15) is 13.2 Å². The molecule has 1 aliphatic heterocycles. The second kappa shape index (κ2) is 3.20. The van der Waals surface area contributed by atoms with Crippen molar-refractivity contribution in [2.24, 2.45) is 0 Å². The smallest absolute Gasteiger partial charge is 0.325 e. The zero-order valence-corrected chi connectivity index (χ0v) is 9.59. The highest BCUT2D eigenvalue weighted by molar-refractivity contribution is 7.90. The average molecular weight is 221 g/mol. The molecule has 0 aromatic carbocycles. The summed E-state index contributed by atoms with van der Waals surface area (Å²) in [6, 6.07) is -0.607. The zero-order valence-electron chi connectivity index (χ0n) is 8.77. The summed E-state index contributed by atoms with van der Waals surface area (Å²) < 4.78 is 28.3. The van der Waals surface area contributed by atoms with Gasteiger partial charge in [0.1, 0.15) is 6.04 Å². The molecule has 0 saturated carbocycles. The first-order valence-electron chi connectivity index (χ1n) is 4.31. The van der Waals surface area contributed by atoms with Gasteiger partial charge in [-0.25, -0.2) is 8.42 Å². The van der Waals surface area contributed by atoms with Crippen molar-refractivity contribution in [1.82, 2.24) is 4.31 Å². The lowest BCUT2D eigenvalue weighted by atomic mass is 10.3. The number of carbonyl (C=O) groups is 1. The van der Waals surface area contributed by atoms with Gasteiger partial charge in [-0.1, -0.05) is 0 Å². The van der Waals surface area contributed by atoms with Crippen LogP contribution < -0.4 is 0 Å². The maximum absolute atomic E-state index is 11.8. The molecule has 5 nitrogen and oxygen atoms in total. The van der Waals surface area contributed by atoms with Crippen molar-refractivity contribution in [3.8, 4) is 0 Å². The van der Waals surface area contributed by atoms with Gasteiger partial charge in [-0.2, -0.15) is 4.31 Å². The molecule has 2 atom stereocenters. The van der Waals surface area contributed by atoms with E-state index in [1.165, 1.54) is 11.4 Å². The molecule has 82 valence electrons. The molecule has 6 heteroatoms. The summed E-state index contributed by atoms with van der Waals surface area (Å²) in [5.41, 5.74) is 0. The molecule has 1 heterocycles. The Morgan fingerprint density at radius 3 is 2.29 bits per heavy atom. The number of nitrogens with zero attached hydrogens (tertiary/aromatic N) is 1. The minimum atomic E-state index is -3.38. The number of esters is 1. The molecule has 0 aromatic heterocycles. The van der Waals surface area contributed by atoms with Gasteiger partial charge in [0.2, 0.25) is 10.0 Å². The maximum atomic E-state index is 11.8. The summed E-state index contributed by atoms with van der Waals surface area (Å²) in [6.07, 6.45) is 0. The highest BCUT2D eigenvalue weighted by Crippen LogP contribution is 2.31. The molecule has 0 aromatic rings. The van der Waals surface area contributed by atoms with E-state index in [1.807, 2.05) is 0 Å². The third-order valence-electron chi connectivity index (χ3n) is 2.12. The van der Waals surface area contributed by atoms with Gasteiger partial charge >= 0.3 is 5.97 Å². The van der Waals surface area contributed by atoms with Gasteiger partial charge in [-0.05, 0) is 20.8 Å². The fourth-order valence-corrected chi connectivity index (χ4v) is 2.53. The number of hydrogen-bond acceptors (Lipinski definition) is 4. The van der Waals surface area contributed by atoms with Gasteiger partial charge in [0, 0.05) is 6.54 Å². The largest absolute Gasteiger partial charge is 0.468 e. The first-order valence-corrected chi connectivity index (χ1v) is 5.75. The van der Waals surface area contributed by atoms with Crippen molar-refractivity contribution in [3.05, 3.63) is 0 Å². The van der Waals surface area contributed by atoms with Crippen LogP contribution in [0.25, 0.3) is 0 Å². The van der Waals surface area contributed by atoms with Crippen LogP contribution in [0, 0.1) is 0 Å². The van der Waals surface area contributed by atoms with Gasteiger partial charge in [0.15, 0.2) is 0 Å². The number of ether oxygens (including phenoxy) is 1. The lowest BCUT2D eigenvalue weighted by Gasteiger charge is -2.19. The molecule has 0 aliphatic carbocycles. The standard InChI is InChI=1S/C8H15NO4S/c1-8(2,3)14(11,12)9-5-6(9)7(10)13-4/h6H,5H2,1-4H3. The van der Waals surface area contributed by atoms with Gasteiger partial charge in [0.05, 0.1) is 11.9 Å². The van der Waals surface area contributed by atoms with Gasteiger partial charge in [0.25, 0.3) is 0 Å². The minimum Gasteiger partial charge on any atom is -0.468 e. The fourth-order valence-electron chi connectivity index (χ4n) is 1.07. The molecule has 1 rings (SSSR count). The van der Waals surface area contributed by atoms with Crippen LogP contribution in [0.5, 0.6) is 0 Å². The first kappa shape index (κ1) is 11.5. The van der Waals surface area contributed by atoms with E-state index in [1.54, 1.807) is 20.8 Å². The van der Waals surface area contributed by atoms with E-state index in [-0.39, 0.29) is 6.54 Å². The van der Waals surface area contributed by atoms with E-state index in [0.717, 1.165) is 0 Å². The number of carbonyl (C=O) groups excluding carboxylic acids is 1. The molecule has 1 saturated heterocycles. The summed E-state index contributed by atoms with van der Waals surface area (Å²) in [6.45, 7) is 5.06. The molecular weight excluding hydrogens is 206 g/mol. The normalized spacial score (nSPS) is 27.1. The quantitative estimate of drug-likeness (QED) is 0.485. The molecule has 2 unspecified atom stereocenters. The Labute approximate surface area is 84.1 Å². The molecular formula is C8H15NO4S. The Kier molecular flexibility index (Phi) is 2.62. The highest BCUT2D eigenvalue weighted by Gasteiger charge is 2.53. The van der Waals surface area contributed by atoms with Crippen molar-refractivity contribution >= 4 is 16.0 Å². The molecule has 0 spiro atoms. The zero-order chi connectivity index (χ0) is 11.1. The Bertz CT molecular complexity index is 341. The lowest BCUT2D eigenvalue weighted by Crippen LogP contribution is -2.35. The molecule has 14 heavy (non-hydrogen) atoms. The molecule has 1 aliphatic rings. The summed E-state index contributed by atoms with van der Waals surface area (Å²) in [4.78, 5) is 11.0. The Balaban J connectivity index is 2.78. The molecule has 0 radical (unpaired) electrons. The van der Waals surface area contributed by atoms with Crippen molar-refractivity contribution < 1.29 is 17.9 Å². The summed E-state index contributed by atoms with van der Waals surface area (Å²) in [5, 5.41) is 0. The fraction of sp³-hybridized carbons (Fsp3) is 0.875. The number of rotatable bonds is 2. The molecule has 0 N–H and O–H groups in total. The lowest BCUT2D eigenvalue weighted by molar-refractivity contribution is -0.140. The predicted molar refractivity (Wildman–Crippen MR) is 51.2 cm³/mol. The van der Waals surface area contributed by atoms with Crippen LogP contribution in [0.1, 0.15) is 20.8 Å². The SMILES string of the molecule is COC(=O)C1CN1S(=O)(=O)C(C)(C)C. The third-order valence-corrected chi connectivity index (χ3v) is 4.69. The number of methoxy groups -OCH3 is 1. The van der Waals surface area contributed by atoms with E-state index in [0.29, 0.717) is 0 Å². The second-order valence-electron chi connectivity index (χ2n) is 4.23. The summed E-state index contributed by atoms with van der Waals surface area (Å²) in [5.74, 6) is -0.488. The summed E-state index contributed by atoms with van der Waals surface area (Å²) >= 11 is 0. The van der Waals surface area contributed by atoms with E-state index in [2.05, 4.69) is 4.74 Å². The monoisotopic (exact) mass is 221 g/mol. The van der Waals surface area contributed by atoms with E-state index >= 15 is 0 Å². The van der Waals surface area contributed by atoms with Crippen molar-refractivity contribution in [3.63, 3.8) is 0 Å². The van der Waals surface area contributed by atoms with Crippen LogP contribution >= 0.6 is 0 Å². The van der Waals surface area contributed by atoms with E-state index in [4.69, 9.17) is 0 Å². The highest BCUT2D eigenvalue weighted by atomic mass is 32.2.